The lowest BCUT2D eigenvalue weighted by atomic mass is 9.95. The summed E-state index contributed by atoms with van der Waals surface area (Å²) in [6, 6.07) is 5.82. The lowest BCUT2D eigenvalue weighted by Crippen LogP contribution is -2.40. The van der Waals surface area contributed by atoms with Crippen LogP contribution in [0, 0.1) is 0 Å². The Bertz CT molecular complexity index is 1070. The number of aromatic amines is 1. The summed E-state index contributed by atoms with van der Waals surface area (Å²) in [6.07, 6.45) is 5.15. The van der Waals surface area contributed by atoms with Gasteiger partial charge in [0.1, 0.15) is 0 Å². The van der Waals surface area contributed by atoms with Gasteiger partial charge in [-0.25, -0.2) is 8.42 Å². The van der Waals surface area contributed by atoms with Crippen LogP contribution in [-0.2, 0) is 14.8 Å². The average Bonchev–Trinajstić information content (AvgIpc) is 2.74. The number of hydrogen-bond acceptors (Lipinski definition) is 5. The molecule has 0 spiro atoms. The van der Waals surface area contributed by atoms with E-state index in [9.17, 15) is 18.0 Å². The van der Waals surface area contributed by atoms with Crippen molar-refractivity contribution < 1.29 is 17.9 Å². The number of rotatable bonds is 4. The fourth-order valence-electron chi connectivity index (χ4n) is 4.03. The highest BCUT2D eigenvalue weighted by atomic mass is 32.2. The van der Waals surface area contributed by atoms with Gasteiger partial charge in [0.15, 0.2) is 0 Å². The molecule has 2 aliphatic rings. The molecule has 29 heavy (non-hydrogen) atoms. The highest BCUT2D eigenvalue weighted by Gasteiger charge is 2.27. The second-order valence-electron chi connectivity index (χ2n) is 7.58. The molecule has 1 saturated heterocycles. The van der Waals surface area contributed by atoms with Crippen molar-refractivity contribution in [2.75, 3.05) is 26.3 Å². The largest absolute Gasteiger partial charge is 0.379 e. The molecule has 8 nitrogen and oxygen atoms in total. The molecule has 9 heteroatoms. The minimum absolute atomic E-state index is 0.0888. The molecule has 156 valence electrons. The first-order valence-corrected chi connectivity index (χ1v) is 11.4. The number of nitrogens with one attached hydrogen (secondary N) is 2. The van der Waals surface area contributed by atoms with Gasteiger partial charge in [0.05, 0.1) is 23.7 Å². The number of benzene rings is 1. The Morgan fingerprint density at radius 2 is 1.83 bits per heavy atom. The number of ether oxygens (including phenoxy) is 1. The van der Waals surface area contributed by atoms with E-state index in [0.717, 1.165) is 25.7 Å². The van der Waals surface area contributed by atoms with Gasteiger partial charge in [-0.05, 0) is 31.0 Å². The number of H-pyrrole nitrogens is 1. The lowest BCUT2D eigenvalue weighted by molar-refractivity contribution is 0.0730. The summed E-state index contributed by atoms with van der Waals surface area (Å²) < 4.78 is 32.6. The number of aromatic nitrogens is 1. The summed E-state index contributed by atoms with van der Waals surface area (Å²) >= 11 is 0. The second kappa shape index (κ2) is 8.25. The highest BCUT2D eigenvalue weighted by molar-refractivity contribution is 7.89. The number of nitrogens with zero attached hydrogens (tertiary/aromatic N) is 1. The molecule has 1 aromatic carbocycles. The molecule has 0 bridgehead atoms. The van der Waals surface area contributed by atoms with E-state index >= 15 is 0 Å². The van der Waals surface area contributed by atoms with Gasteiger partial charge in [-0.1, -0.05) is 19.3 Å². The minimum atomic E-state index is -3.70. The average molecular weight is 420 g/mol. The Hall–Kier alpha value is -2.23. The molecule has 1 amide bonds. The summed E-state index contributed by atoms with van der Waals surface area (Å²) in [7, 11) is -3.70. The van der Waals surface area contributed by atoms with Crippen molar-refractivity contribution in [1.82, 2.24) is 14.6 Å². The first-order valence-electron chi connectivity index (χ1n) is 10.0. The number of carbonyl (C=O) groups excluding carboxylic acids is 1. The van der Waals surface area contributed by atoms with Crippen LogP contribution in [0.1, 0.15) is 42.5 Å². The zero-order valence-electron chi connectivity index (χ0n) is 16.1. The van der Waals surface area contributed by atoms with Crippen LogP contribution < -0.4 is 10.9 Å². The molecule has 2 fully saturated rings. The molecule has 1 saturated carbocycles. The summed E-state index contributed by atoms with van der Waals surface area (Å²) in [6.45, 7) is 1.30. The highest BCUT2D eigenvalue weighted by Crippen LogP contribution is 2.24. The van der Waals surface area contributed by atoms with E-state index in [1.54, 1.807) is 6.07 Å². The van der Waals surface area contributed by atoms with E-state index in [0.29, 0.717) is 37.2 Å². The number of fused-ring (bicyclic) bond motifs is 1. The topological polar surface area (TPSA) is 109 Å². The monoisotopic (exact) mass is 419 g/mol. The van der Waals surface area contributed by atoms with Crippen LogP contribution in [0.25, 0.3) is 10.9 Å². The van der Waals surface area contributed by atoms with Crippen LogP contribution in [0.5, 0.6) is 0 Å². The Morgan fingerprint density at radius 3 is 2.55 bits per heavy atom. The van der Waals surface area contributed by atoms with Crippen molar-refractivity contribution in [3.05, 3.63) is 40.2 Å². The molecule has 2 aromatic rings. The van der Waals surface area contributed by atoms with E-state index in [-0.39, 0.29) is 22.4 Å². The second-order valence-corrected chi connectivity index (χ2v) is 9.52. The van der Waals surface area contributed by atoms with Gasteiger partial charge in [0.2, 0.25) is 15.6 Å². The third-order valence-electron chi connectivity index (χ3n) is 5.61. The van der Waals surface area contributed by atoms with E-state index in [4.69, 9.17) is 4.74 Å². The predicted molar refractivity (Wildman–Crippen MR) is 108 cm³/mol. The van der Waals surface area contributed by atoms with Crippen LogP contribution in [0.2, 0.25) is 0 Å². The molecule has 0 atom stereocenters. The smallest absolute Gasteiger partial charge is 0.252 e. The third-order valence-corrected chi connectivity index (χ3v) is 7.50. The van der Waals surface area contributed by atoms with Gasteiger partial charge in [0.25, 0.3) is 5.91 Å². The number of sulfonamides is 1. The van der Waals surface area contributed by atoms with Crippen molar-refractivity contribution in [2.45, 2.75) is 43.0 Å². The van der Waals surface area contributed by atoms with Crippen LogP contribution >= 0.6 is 0 Å². The predicted octanol–water partition coefficient (Wildman–Crippen LogP) is 1.61. The maximum atomic E-state index is 13.0. The SMILES string of the molecule is O=C(NC1CCCCC1)c1cc(=O)[nH]c2ccc(S(=O)(=O)N3CCOCC3)cc12. The standard InChI is InChI=1S/C20H25N3O5S/c24-19-13-17(20(25)21-14-4-2-1-3-5-14)16-12-15(6-7-18(16)22-19)29(26,27)23-8-10-28-11-9-23/h6-7,12-14H,1-5,8-11H2,(H,21,25)(H,22,24). The maximum Gasteiger partial charge on any atom is 0.252 e. The van der Waals surface area contributed by atoms with Crippen molar-refractivity contribution in [1.29, 1.82) is 0 Å². The molecule has 1 aliphatic heterocycles. The van der Waals surface area contributed by atoms with Gasteiger partial charge < -0.3 is 15.0 Å². The minimum Gasteiger partial charge on any atom is -0.379 e. The Balaban J connectivity index is 1.71. The molecule has 2 N–H and O–H groups in total. The van der Waals surface area contributed by atoms with E-state index < -0.39 is 15.6 Å². The van der Waals surface area contributed by atoms with Crippen molar-refractivity contribution in [3.8, 4) is 0 Å². The third kappa shape index (κ3) is 4.22. The Kier molecular flexibility index (Phi) is 5.71. The summed E-state index contributed by atoms with van der Waals surface area (Å²) in [5.74, 6) is -0.339. The van der Waals surface area contributed by atoms with Gasteiger partial charge >= 0.3 is 0 Å². The summed E-state index contributed by atoms with van der Waals surface area (Å²) in [5.41, 5.74) is 0.246. The molecule has 1 aliphatic carbocycles. The van der Waals surface area contributed by atoms with E-state index in [2.05, 4.69) is 10.3 Å². The normalized spacial score (nSPS) is 19.3. The lowest BCUT2D eigenvalue weighted by Gasteiger charge is -2.26. The number of hydrogen-bond donors (Lipinski definition) is 2. The first-order chi connectivity index (χ1) is 13.9. The van der Waals surface area contributed by atoms with Crippen LogP contribution in [0.3, 0.4) is 0 Å². The van der Waals surface area contributed by atoms with Gasteiger partial charge in [-0.15, -0.1) is 0 Å². The zero-order valence-corrected chi connectivity index (χ0v) is 17.0. The zero-order chi connectivity index (χ0) is 20.4. The molecule has 2 heterocycles. The summed E-state index contributed by atoms with van der Waals surface area (Å²) in [5, 5.41) is 3.43. The quantitative estimate of drug-likeness (QED) is 0.783. The van der Waals surface area contributed by atoms with Crippen molar-refractivity contribution in [2.24, 2.45) is 0 Å². The first kappa shape index (κ1) is 20.1. The summed E-state index contributed by atoms with van der Waals surface area (Å²) in [4.78, 5) is 27.7. The van der Waals surface area contributed by atoms with Crippen LogP contribution in [0.15, 0.2) is 34.0 Å². The molecule has 4 rings (SSSR count). The van der Waals surface area contributed by atoms with Gasteiger partial charge in [-0.3, -0.25) is 9.59 Å². The Morgan fingerprint density at radius 1 is 1.10 bits per heavy atom. The van der Waals surface area contributed by atoms with Crippen molar-refractivity contribution in [3.63, 3.8) is 0 Å². The number of pyridine rings is 1. The molecule has 0 radical (unpaired) electrons. The fraction of sp³-hybridized carbons (Fsp3) is 0.500. The van der Waals surface area contributed by atoms with Crippen LogP contribution in [0.4, 0.5) is 0 Å². The number of carbonyl (C=O) groups is 1. The fourth-order valence-corrected chi connectivity index (χ4v) is 5.46. The Labute approximate surface area is 169 Å². The molecular formula is C20H25N3O5S. The molecule has 1 aromatic heterocycles. The molecule has 0 unspecified atom stereocenters. The number of amides is 1. The van der Waals surface area contributed by atoms with Crippen molar-refractivity contribution >= 4 is 26.8 Å². The maximum absolute atomic E-state index is 13.0. The van der Waals surface area contributed by atoms with Gasteiger partial charge in [-0.2, -0.15) is 4.31 Å². The van der Waals surface area contributed by atoms with Gasteiger partial charge in [0, 0.05) is 36.1 Å². The van der Waals surface area contributed by atoms with E-state index in [1.807, 2.05) is 0 Å². The molecular weight excluding hydrogens is 394 g/mol. The number of morpholine rings is 1. The van der Waals surface area contributed by atoms with E-state index in [1.165, 1.54) is 28.9 Å². The van der Waals surface area contributed by atoms with Crippen LogP contribution in [-0.4, -0.2) is 56.0 Å².